The number of benzene rings is 3. The summed E-state index contributed by atoms with van der Waals surface area (Å²) < 4.78 is 0. The molecule has 82 valence electrons. The summed E-state index contributed by atoms with van der Waals surface area (Å²) in [6, 6.07) is 23.6. The quantitative estimate of drug-likeness (QED) is 0.549. The fourth-order valence-corrected chi connectivity index (χ4v) is 2.32. The third kappa shape index (κ3) is 1.83. The van der Waals surface area contributed by atoms with Gasteiger partial charge in [0.15, 0.2) is 0 Å². The van der Waals surface area contributed by atoms with Crippen LogP contribution < -0.4 is 0 Å². The van der Waals surface area contributed by atoms with Crippen LogP contribution in [0.3, 0.4) is 0 Å². The number of aryl methyl sites for hydroxylation is 1. The molecule has 0 fully saturated rings. The molecular formula is C17H14. The predicted molar refractivity (Wildman–Crippen MR) is 74.1 cm³/mol. The van der Waals surface area contributed by atoms with E-state index in [0.717, 1.165) is 0 Å². The first kappa shape index (κ1) is 10.1. The minimum absolute atomic E-state index is 1.28. The largest absolute Gasteiger partial charge is 0.0622 e. The third-order valence-electron chi connectivity index (χ3n) is 3.09. The topological polar surface area (TPSA) is 0 Å². The molecule has 0 bridgehead atoms. The average Bonchev–Trinajstić information content (AvgIpc) is 2.39. The second-order valence-corrected chi connectivity index (χ2v) is 4.40. The second-order valence-electron chi connectivity index (χ2n) is 4.40. The highest BCUT2D eigenvalue weighted by Gasteiger charge is 2.03. The zero-order chi connectivity index (χ0) is 11.7. The summed E-state index contributed by atoms with van der Waals surface area (Å²) in [5.74, 6) is 0. The lowest BCUT2D eigenvalue weighted by Crippen LogP contribution is -1.83. The van der Waals surface area contributed by atoms with Crippen molar-refractivity contribution in [1.82, 2.24) is 0 Å². The van der Waals surface area contributed by atoms with Gasteiger partial charge in [0.1, 0.15) is 0 Å². The van der Waals surface area contributed by atoms with Gasteiger partial charge in [-0.2, -0.15) is 0 Å². The monoisotopic (exact) mass is 218 g/mol. The molecule has 3 rings (SSSR count). The van der Waals surface area contributed by atoms with Gasteiger partial charge in [-0.25, -0.2) is 0 Å². The molecule has 0 aromatic heterocycles. The summed E-state index contributed by atoms with van der Waals surface area (Å²) in [5.41, 5.74) is 3.91. The van der Waals surface area contributed by atoms with Gasteiger partial charge in [-0.3, -0.25) is 0 Å². The molecule has 0 aliphatic heterocycles. The van der Waals surface area contributed by atoms with Crippen LogP contribution in [0.4, 0.5) is 0 Å². The Kier molecular flexibility index (Phi) is 2.41. The van der Waals surface area contributed by atoms with E-state index in [9.17, 15) is 0 Å². The molecule has 0 nitrogen and oxygen atoms in total. The Morgan fingerprint density at radius 1 is 0.706 bits per heavy atom. The van der Waals surface area contributed by atoms with Crippen LogP contribution in [0, 0.1) is 6.92 Å². The fraction of sp³-hybridized carbons (Fsp3) is 0.0588. The molecule has 0 aliphatic carbocycles. The summed E-state index contributed by atoms with van der Waals surface area (Å²) in [5, 5.41) is 2.63. The molecule has 0 radical (unpaired) electrons. The van der Waals surface area contributed by atoms with Gasteiger partial charge < -0.3 is 0 Å². The molecule has 17 heavy (non-hydrogen) atoms. The van der Waals surface area contributed by atoms with Crippen molar-refractivity contribution in [2.45, 2.75) is 6.92 Å². The number of fused-ring (bicyclic) bond motifs is 1. The van der Waals surface area contributed by atoms with E-state index in [2.05, 4.69) is 73.7 Å². The first-order valence-electron chi connectivity index (χ1n) is 5.89. The molecule has 0 aliphatic rings. The number of rotatable bonds is 1. The van der Waals surface area contributed by atoms with Gasteiger partial charge in [0, 0.05) is 0 Å². The Morgan fingerprint density at radius 2 is 1.41 bits per heavy atom. The van der Waals surface area contributed by atoms with E-state index in [1.165, 1.54) is 27.5 Å². The van der Waals surface area contributed by atoms with Gasteiger partial charge in [-0.1, -0.05) is 66.7 Å². The normalized spacial score (nSPS) is 10.6. The maximum Gasteiger partial charge on any atom is -0.0103 e. The van der Waals surface area contributed by atoms with Crippen LogP contribution in [0.1, 0.15) is 5.56 Å². The number of hydrogen-bond acceptors (Lipinski definition) is 0. The van der Waals surface area contributed by atoms with Crippen molar-refractivity contribution in [2.75, 3.05) is 0 Å². The molecule has 0 N–H and O–H groups in total. The van der Waals surface area contributed by atoms with E-state index < -0.39 is 0 Å². The van der Waals surface area contributed by atoms with Crippen LogP contribution in [0.5, 0.6) is 0 Å². The molecule has 0 spiro atoms. The molecule has 3 aromatic rings. The minimum Gasteiger partial charge on any atom is -0.0622 e. The highest BCUT2D eigenvalue weighted by atomic mass is 14.1. The van der Waals surface area contributed by atoms with E-state index in [1.807, 2.05) is 0 Å². The first-order valence-corrected chi connectivity index (χ1v) is 5.89. The summed E-state index contributed by atoms with van der Waals surface area (Å²) in [6.07, 6.45) is 0. The van der Waals surface area contributed by atoms with E-state index in [-0.39, 0.29) is 0 Å². The Morgan fingerprint density at radius 3 is 2.24 bits per heavy atom. The number of hydrogen-bond donors (Lipinski definition) is 0. The molecule has 0 amide bonds. The van der Waals surface area contributed by atoms with Crippen LogP contribution in [0.2, 0.25) is 0 Å². The van der Waals surface area contributed by atoms with Crippen LogP contribution in [0.15, 0.2) is 66.7 Å². The maximum atomic E-state index is 2.26. The summed E-state index contributed by atoms with van der Waals surface area (Å²) in [6.45, 7) is 2.15. The van der Waals surface area contributed by atoms with E-state index in [4.69, 9.17) is 0 Å². The summed E-state index contributed by atoms with van der Waals surface area (Å²) in [4.78, 5) is 0. The summed E-state index contributed by atoms with van der Waals surface area (Å²) in [7, 11) is 0. The van der Waals surface area contributed by atoms with Crippen molar-refractivity contribution in [3.05, 3.63) is 72.3 Å². The van der Waals surface area contributed by atoms with Gasteiger partial charge in [-0.05, 0) is 34.4 Å². The van der Waals surface area contributed by atoms with Gasteiger partial charge in [0.2, 0.25) is 0 Å². The van der Waals surface area contributed by atoms with Gasteiger partial charge in [0.05, 0.1) is 0 Å². The smallest absolute Gasteiger partial charge is 0.0103 e. The van der Waals surface area contributed by atoms with E-state index >= 15 is 0 Å². The van der Waals surface area contributed by atoms with Crippen molar-refractivity contribution in [3.63, 3.8) is 0 Å². The van der Waals surface area contributed by atoms with Crippen molar-refractivity contribution < 1.29 is 0 Å². The molecule has 0 atom stereocenters. The molecule has 0 heteroatoms. The molecule has 0 saturated heterocycles. The average molecular weight is 218 g/mol. The zero-order valence-corrected chi connectivity index (χ0v) is 9.85. The van der Waals surface area contributed by atoms with Crippen molar-refractivity contribution in [2.24, 2.45) is 0 Å². The Balaban J connectivity index is 2.36. The van der Waals surface area contributed by atoms with Crippen LogP contribution in [0.25, 0.3) is 21.9 Å². The molecule has 0 saturated carbocycles. The molecule has 0 unspecified atom stereocenters. The van der Waals surface area contributed by atoms with Gasteiger partial charge in [-0.15, -0.1) is 0 Å². The van der Waals surface area contributed by atoms with Crippen molar-refractivity contribution in [1.29, 1.82) is 0 Å². The van der Waals surface area contributed by atoms with E-state index in [1.54, 1.807) is 0 Å². The van der Waals surface area contributed by atoms with Crippen LogP contribution in [-0.2, 0) is 0 Å². The highest BCUT2D eigenvalue weighted by molar-refractivity contribution is 5.97. The van der Waals surface area contributed by atoms with Crippen LogP contribution in [-0.4, -0.2) is 0 Å². The molecular weight excluding hydrogens is 204 g/mol. The highest BCUT2D eigenvalue weighted by Crippen LogP contribution is 2.29. The lowest BCUT2D eigenvalue weighted by molar-refractivity contribution is 1.50. The zero-order valence-electron chi connectivity index (χ0n) is 9.85. The standard InChI is InChI=1S/C17H14/c1-13-11-15-9-5-6-10-16(15)17(12-13)14-7-3-2-4-8-14/h2-12H,1H3. The minimum atomic E-state index is 1.28. The Bertz CT molecular complexity index is 651. The SMILES string of the molecule is Cc1cc(-c2ccccc2)c2ccccc2c1. The van der Waals surface area contributed by atoms with Crippen LogP contribution >= 0.6 is 0 Å². The van der Waals surface area contributed by atoms with Gasteiger partial charge in [0.25, 0.3) is 0 Å². The fourth-order valence-electron chi connectivity index (χ4n) is 2.32. The van der Waals surface area contributed by atoms with Crippen molar-refractivity contribution >= 4 is 10.8 Å². The summed E-state index contributed by atoms with van der Waals surface area (Å²) >= 11 is 0. The van der Waals surface area contributed by atoms with E-state index in [0.29, 0.717) is 0 Å². The third-order valence-corrected chi connectivity index (χ3v) is 3.09. The lowest BCUT2D eigenvalue weighted by atomic mass is 9.96. The first-order chi connectivity index (χ1) is 8.34. The van der Waals surface area contributed by atoms with Gasteiger partial charge >= 0.3 is 0 Å². The lowest BCUT2D eigenvalue weighted by Gasteiger charge is -2.08. The predicted octanol–water partition coefficient (Wildman–Crippen LogP) is 4.82. The maximum absolute atomic E-state index is 2.26. The van der Waals surface area contributed by atoms with Crippen molar-refractivity contribution in [3.8, 4) is 11.1 Å². The Hall–Kier alpha value is -2.08. The Labute approximate surface area is 102 Å². The second kappa shape index (κ2) is 4.06. The molecule has 0 heterocycles. The molecule has 3 aromatic carbocycles.